The standard InChI is InChI=1S/C17H25N3O2/c1-17(2,3)22-16(21)20(10-9-19(4)5)13-15-8-6-7-14(11-15)12-18/h6-8,11H,9-10,13H2,1-5H3. The largest absolute Gasteiger partial charge is 0.444 e. The highest BCUT2D eigenvalue weighted by atomic mass is 16.6. The van der Waals surface area contributed by atoms with Gasteiger partial charge >= 0.3 is 6.09 Å². The molecule has 0 atom stereocenters. The molecule has 1 amide bonds. The highest BCUT2D eigenvalue weighted by Gasteiger charge is 2.22. The third-order valence-electron chi connectivity index (χ3n) is 2.90. The van der Waals surface area contributed by atoms with Crippen LogP contribution in [-0.4, -0.2) is 48.7 Å². The van der Waals surface area contributed by atoms with E-state index in [1.165, 1.54) is 0 Å². The van der Waals surface area contributed by atoms with Crippen LogP contribution in [0.3, 0.4) is 0 Å². The van der Waals surface area contributed by atoms with Gasteiger partial charge in [0.1, 0.15) is 5.60 Å². The third kappa shape index (κ3) is 6.59. The molecule has 0 heterocycles. The molecule has 5 nitrogen and oxygen atoms in total. The number of hydrogen-bond donors (Lipinski definition) is 0. The second-order valence-electron chi connectivity index (χ2n) is 6.52. The third-order valence-corrected chi connectivity index (χ3v) is 2.90. The number of carbonyl (C=O) groups excluding carboxylic acids is 1. The molecule has 0 aliphatic rings. The second kappa shape index (κ2) is 7.81. The van der Waals surface area contributed by atoms with E-state index in [1.54, 1.807) is 17.0 Å². The summed E-state index contributed by atoms with van der Waals surface area (Å²) < 4.78 is 5.46. The Labute approximate surface area is 133 Å². The SMILES string of the molecule is CN(C)CCN(Cc1cccc(C#N)c1)C(=O)OC(C)(C)C. The first-order valence-corrected chi connectivity index (χ1v) is 7.33. The molecule has 120 valence electrons. The predicted octanol–water partition coefficient (Wildman–Crippen LogP) is 2.86. The van der Waals surface area contributed by atoms with Crippen molar-refractivity contribution in [3.8, 4) is 6.07 Å². The lowest BCUT2D eigenvalue weighted by molar-refractivity contribution is 0.0223. The van der Waals surface area contributed by atoms with Gasteiger partial charge in [0.05, 0.1) is 11.6 Å². The molecule has 0 aliphatic heterocycles. The van der Waals surface area contributed by atoms with Crippen LogP contribution in [0.1, 0.15) is 31.9 Å². The van der Waals surface area contributed by atoms with Gasteiger partial charge in [-0.1, -0.05) is 12.1 Å². The average molecular weight is 303 g/mol. The number of benzene rings is 1. The molecule has 0 aliphatic carbocycles. The van der Waals surface area contributed by atoms with Crippen molar-refractivity contribution in [2.75, 3.05) is 27.2 Å². The minimum absolute atomic E-state index is 0.336. The topological polar surface area (TPSA) is 56.6 Å². The summed E-state index contributed by atoms with van der Waals surface area (Å²) in [6.45, 7) is 7.30. The fourth-order valence-electron chi connectivity index (χ4n) is 1.84. The van der Waals surface area contributed by atoms with E-state index in [0.29, 0.717) is 18.7 Å². The molecule has 1 aromatic carbocycles. The van der Waals surface area contributed by atoms with Gasteiger partial charge in [-0.25, -0.2) is 4.79 Å². The van der Waals surface area contributed by atoms with Crippen molar-refractivity contribution in [2.24, 2.45) is 0 Å². The van der Waals surface area contributed by atoms with Crippen molar-refractivity contribution >= 4 is 6.09 Å². The number of nitriles is 1. The first-order chi connectivity index (χ1) is 10.2. The Balaban J connectivity index is 2.85. The number of likely N-dealkylation sites (N-methyl/N-ethyl adjacent to an activating group) is 1. The van der Waals surface area contributed by atoms with Crippen molar-refractivity contribution < 1.29 is 9.53 Å². The Bertz CT molecular complexity index is 542. The monoisotopic (exact) mass is 303 g/mol. The number of rotatable bonds is 5. The maximum atomic E-state index is 12.4. The molecule has 0 radical (unpaired) electrons. The first-order valence-electron chi connectivity index (χ1n) is 7.33. The summed E-state index contributed by atoms with van der Waals surface area (Å²) in [4.78, 5) is 16.0. The lowest BCUT2D eigenvalue weighted by Crippen LogP contribution is -2.39. The molecule has 1 aromatic rings. The molecule has 0 N–H and O–H groups in total. The molecule has 0 unspecified atom stereocenters. The van der Waals surface area contributed by atoms with Crippen LogP contribution in [0.5, 0.6) is 0 Å². The van der Waals surface area contributed by atoms with Crippen molar-refractivity contribution in [3.63, 3.8) is 0 Å². The normalized spacial score (nSPS) is 11.1. The summed E-state index contributed by atoms with van der Waals surface area (Å²) in [7, 11) is 3.92. The molecule has 5 heteroatoms. The molecule has 0 bridgehead atoms. The number of hydrogen-bond acceptors (Lipinski definition) is 4. The summed E-state index contributed by atoms with van der Waals surface area (Å²) in [6.07, 6.45) is -0.336. The quantitative estimate of drug-likeness (QED) is 0.839. The predicted molar refractivity (Wildman–Crippen MR) is 86.4 cm³/mol. The zero-order valence-electron chi connectivity index (χ0n) is 14.1. The van der Waals surface area contributed by atoms with Gasteiger partial charge in [0.2, 0.25) is 0 Å². The van der Waals surface area contributed by atoms with Gasteiger partial charge in [-0.05, 0) is 52.6 Å². The van der Waals surface area contributed by atoms with Crippen LogP contribution in [0.4, 0.5) is 4.79 Å². The van der Waals surface area contributed by atoms with E-state index < -0.39 is 5.60 Å². The van der Waals surface area contributed by atoms with Crippen LogP contribution >= 0.6 is 0 Å². The lowest BCUT2D eigenvalue weighted by Gasteiger charge is -2.28. The minimum atomic E-state index is -0.526. The van der Waals surface area contributed by atoms with E-state index in [1.807, 2.05) is 51.9 Å². The van der Waals surface area contributed by atoms with Gasteiger partial charge in [-0.15, -0.1) is 0 Å². The molecule has 0 spiro atoms. The molecule has 0 fully saturated rings. The number of nitrogens with zero attached hydrogens (tertiary/aromatic N) is 3. The highest BCUT2D eigenvalue weighted by Crippen LogP contribution is 2.13. The van der Waals surface area contributed by atoms with E-state index in [9.17, 15) is 4.79 Å². The summed E-state index contributed by atoms with van der Waals surface area (Å²) in [5.74, 6) is 0. The molecule has 0 saturated carbocycles. The smallest absolute Gasteiger partial charge is 0.410 e. The van der Waals surface area contributed by atoms with E-state index in [2.05, 4.69) is 6.07 Å². The van der Waals surface area contributed by atoms with Crippen LogP contribution < -0.4 is 0 Å². The van der Waals surface area contributed by atoms with Crippen LogP contribution in [0.15, 0.2) is 24.3 Å². The van der Waals surface area contributed by atoms with E-state index >= 15 is 0 Å². The van der Waals surface area contributed by atoms with Gasteiger partial charge < -0.3 is 14.5 Å². The zero-order chi connectivity index (χ0) is 16.8. The minimum Gasteiger partial charge on any atom is -0.444 e. The Morgan fingerprint density at radius 2 is 1.95 bits per heavy atom. The van der Waals surface area contributed by atoms with Crippen LogP contribution in [0, 0.1) is 11.3 Å². The van der Waals surface area contributed by atoms with E-state index in [0.717, 1.165) is 12.1 Å². The van der Waals surface area contributed by atoms with Crippen molar-refractivity contribution in [1.82, 2.24) is 9.80 Å². The molecule has 22 heavy (non-hydrogen) atoms. The van der Waals surface area contributed by atoms with Crippen molar-refractivity contribution in [2.45, 2.75) is 32.9 Å². The zero-order valence-corrected chi connectivity index (χ0v) is 14.1. The fraction of sp³-hybridized carbons (Fsp3) is 0.529. The lowest BCUT2D eigenvalue weighted by atomic mass is 10.1. The Hall–Kier alpha value is -2.06. The number of amides is 1. The molecular formula is C17H25N3O2. The summed E-state index contributed by atoms with van der Waals surface area (Å²) in [5, 5.41) is 8.97. The molecular weight excluding hydrogens is 278 g/mol. The molecule has 1 rings (SSSR count). The highest BCUT2D eigenvalue weighted by molar-refractivity contribution is 5.68. The van der Waals surface area contributed by atoms with Crippen LogP contribution in [0.25, 0.3) is 0 Å². The van der Waals surface area contributed by atoms with Crippen LogP contribution in [0.2, 0.25) is 0 Å². The van der Waals surface area contributed by atoms with Gasteiger partial charge in [0.15, 0.2) is 0 Å². The van der Waals surface area contributed by atoms with Gasteiger partial charge in [-0.3, -0.25) is 0 Å². The summed E-state index contributed by atoms with van der Waals surface area (Å²) >= 11 is 0. The maximum Gasteiger partial charge on any atom is 0.410 e. The Kier molecular flexibility index (Phi) is 6.39. The van der Waals surface area contributed by atoms with Crippen molar-refractivity contribution in [1.29, 1.82) is 5.26 Å². The summed E-state index contributed by atoms with van der Waals surface area (Å²) in [6, 6.07) is 9.40. The Morgan fingerprint density at radius 3 is 2.50 bits per heavy atom. The second-order valence-corrected chi connectivity index (χ2v) is 6.52. The number of ether oxygens (including phenoxy) is 1. The van der Waals surface area contributed by atoms with E-state index in [-0.39, 0.29) is 6.09 Å². The average Bonchev–Trinajstić information content (AvgIpc) is 2.41. The van der Waals surface area contributed by atoms with Gasteiger partial charge in [0, 0.05) is 19.6 Å². The van der Waals surface area contributed by atoms with Crippen molar-refractivity contribution in [3.05, 3.63) is 35.4 Å². The van der Waals surface area contributed by atoms with Crippen LogP contribution in [-0.2, 0) is 11.3 Å². The Morgan fingerprint density at radius 1 is 1.27 bits per heavy atom. The maximum absolute atomic E-state index is 12.4. The number of carbonyl (C=O) groups is 1. The van der Waals surface area contributed by atoms with Gasteiger partial charge in [-0.2, -0.15) is 5.26 Å². The van der Waals surface area contributed by atoms with Gasteiger partial charge in [0.25, 0.3) is 0 Å². The molecule has 0 saturated heterocycles. The molecule has 0 aromatic heterocycles. The summed E-state index contributed by atoms with van der Waals surface area (Å²) in [5.41, 5.74) is 0.986. The first kappa shape index (κ1) is 18.0. The van der Waals surface area contributed by atoms with E-state index in [4.69, 9.17) is 10.00 Å². The fourth-order valence-corrected chi connectivity index (χ4v) is 1.84.